The number of likely N-dealkylation sites (tertiary alicyclic amines) is 1. The van der Waals surface area contributed by atoms with Gasteiger partial charge in [-0.3, -0.25) is 4.90 Å². The first-order valence-corrected chi connectivity index (χ1v) is 10.8. The molecule has 3 fully saturated rings. The minimum atomic E-state index is -0.706. The SMILES string of the molecule is C[C@@]12C[C@H](c3ccccc3)N(CC3(O)CCCCC3)[C@@H]1CCC[C@@H](O)[C@@H]2O. The first-order valence-electron chi connectivity index (χ1n) is 10.8. The lowest BCUT2D eigenvalue weighted by Crippen LogP contribution is -2.51. The third kappa shape index (κ3) is 3.57. The Bertz CT molecular complexity index is 630. The van der Waals surface area contributed by atoms with Crippen molar-refractivity contribution >= 4 is 0 Å². The Labute approximate surface area is 163 Å². The molecule has 27 heavy (non-hydrogen) atoms. The predicted octanol–water partition coefficient (Wildman–Crippen LogP) is 3.41. The van der Waals surface area contributed by atoms with Crippen LogP contribution in [0.3, 0.4) is 0 Å². The molecule has 1 saturated heterocycles. The first-order chi connectivity index (χ1) is 12.9. The Balaban J connectivity index is 1.69. The molecule has 0 unspecified atom stereocenters. The average molecular weight is 374 g/mol. The van der Waals surface area contributed by atoms with Gasteiger partial charge in [-0.05, 0) is 44.1 Å². The number of rotatable bonds is 3. The Morgan fingerprint density at radius 3 is 2.41 bits per heavy atom. The predicted molar refractivity (Wildman–Crippen MR) is 106 cm³/mol. The van der Waals surface area contributed by atoms with Gasteiger partial charge in [0, 0.05) is 24.0 Å². The van der Waals surface area contributed by atoms with Crippen molar-refractivity contribution in [2.45, 2.75) is 94.6 Å². The zero-order valence-electron chi connectivity index (χ0n) is 16.6. The van der Waals surface area contributed by atoms with Crippen LogP contribution in [-0.4, -0.2) is 50.6 Å². The van der Waals surface area contributed by atoms with Crippen LogP contribution >= 0.6 is 0 Å². The van der Waals surface area contributed by atoms with Crippen molar-refractivity contribution in [2.24, 2.45) is 5.41 Å². The minimum Gasteiger partial charge on any atom is -0.390 e. The van der Waals surface area contributed by atoms with Gasteiger partial charge < -0.3 is 15.3 Å². The summed E-state index contributed by atoms with van der Waals surface area (Å²) in [4.78, 5) is 2.49. The number of benzene rings is 1. The van der Waals surface area contributed by atoms with E-state index in [4.69, 9.17) is 0 Å². The van der Waals surface area contributed by atoms with Gasteiger partial charge in [0.2, 0.25) is 0 Å². The zero-order valence-corrected chi connectivity index (χ0v) is 16.6. The largest absolute Gasteiger partial charge is 0.390 e. The second-order valence-electron chi connectivity index (χ2n) is 9.55. The number of hydrogen-bond donors (Lipinski definition) is 3. The highest BCUT2D eigenvalue weighted by Crippen LogP contribution is 2.54. The second-order valence-corrected chi connectivity index (χ2v) is 9.55. The van der Waals surface area contributed by atoms with Gasteiger partial charge in [0.25, 0.3) is 0 Å². The average Bonchev–Trinajstić information content (AvgIpc) is 2.89. The van der Waals surface area contributed by atoms with Crippen LogP contribution in [0.25, 0.3) is 0 Å². The number of β-amino-alcohol motifs (C(OH)–C–C–N with tert-alkyl or cyclic N) is 1. The third-order valence-electron chi connectivity index (χ3n) is 7.66. The highest BCUT2D eigenvalue weighted by Gasteiger charge is 2.56. The van der Waals surface area contributed by atoms with Crippen molar-refractivity contribution in [2.75, 3.05) is 6.54 Å². The first kappa shape index (κ1) is 19.4. The number of fused-ring (bicyclic) bond motifs is 1. The van der Waals surface area contributed by atoms with Gasteiger partial charge in [-0.1, -0.05) is 56.5 Å². The molecule has 1 aromatic carbocycles. The Morgan fingerprint density at radius 1 is 1.00 bits per heavy atom. The van der Waals surface area contributed by atoms with Crippen LogP contribution in [-0.2, 0) is 0 Å². The van der Waals surface area contributed by atoms with E-state index in [1.807, 2.05) is 6.07 Å². The summed E-state index contributed by atoms with van der Waals surface area (Å²) >= 11 is 0. The van der Waals surface area contributed by atoms with Gasteiger partial charge >= 0.3 is 0 Å². The molecule has 4 heteroatoms. The summed E-state index contributed by atoms with van der Waals surface area (Å²) in [5, 5.41) is 32.8. The molecule has 2 saturated carbocycles. The molecule has 0 bridgehead atoms. The van der Waals surface area contributed by atoms with Gasteiger partial charge in [-0.25, -0.2) is 0 Å². The fourth-order valence-electron chi connectivity index (χ4n) is 6.11. The number of aliphatic hydroxyl groups is 3. The Kier molecular flexibility index (Phi) is 5.36. The monoisotopic (exact) mass is 373 g/mol. The van der Waals surface area contributed by atoms with E-state index in [-0.39, 0.29) is 17.5 Å². The lowest BCUT2D eigenvalue weighted by Gasteiger charge is -2.43. The second kappa shape index (κ2) is 7.47. The molecule has 1 aliphatic heterocycles. The standard InChI is InChI=1S/C23H35NO3/c1-22-15-18(17-9-4-2-5-10-17)24(16-23(27)13-6-3-7-14-23)20(22)12-8-11-19(25)21(22)26/h2,4-5,9-10,18-21,25-27H,3,6-8,11-16H2,1H3/t18-,19-,20-,21+,22-/m1/s1. The summed E-state index contributed by atoms with van der Waals surface area (Å²) in [6, 6.07) is 10.9. The van der Waals surface area contributed by atoms with Crippen LogP contribution in [0.4, 0.5) is 0 Å². The van der Waals surface area contributed by atoms with E-state index in [2.05, 4.69) is 36.1 Å². The van der Waals surface area contributed by atoms with Crippen LogP contribution in [0.5, 0.6) is 0 Å². The van der Waals surface area contributed by atoms with Crippen LogP contribution in [0.1, 0.15) is 76.3 Å². The summed E-state index contributed by atoms with van der Waals surface area (Å²) in [5.41, 5.74) is 0.293. The van der Waals surface area contributed by atoms with Crippen molar-refractivity contribution in [1.82, 2.24) is 4.90 Å². The topological polar surface area (TPSA) is 63.9 Å². The molecule has 1 aromatic rings. The smallest absolute Gasteiger partial charge is 0.0868 e. The number of aliphatic hydroxyl groups excluding tert-OH is 2. The molecule has 5 atom stereocenters. The molecule has 0 spiro atoms. The summed E-state index contributed by atoms with van der Waals surface area (Å²) in [5.74, 6) is 0. The molecule has 0 radical (unpaired) electrons. The van der Waals surface area contributed by atoms with Gasteiger partial charge in [0.1, 0.15) is 0 Å². The molecule has 3 N–H and O–H groups in total. The summed E-state index contributed by atoms with van der Waals surface area (Å²) in [6.45, 7) is 2.83. The van der Waals surface area contributed by atoms with Crippen molar-refractivity contribution in [3.8, 4) is 0 Å². The molecule has 0 aromatic heterocycles. The van der Waals surface area contributed by atoms with Gasteiger partial charge in [-0.15, -0.1) is 0 Å². The fraction of sp³-hybridized carbons (Fsp3) is 0.739. The zero-order chi connectivity index (χ0) is 19.1. The van der Waals surface area contributed by atoms with E-state index in [0.29, 0.717) is 13.0 Å². The van der Waals surface area contributed by atoms with Crippen LogP contribution < -0.4 is 0 Å². The van der Waals surface area contributed by atoms with E-state index >= 15 is 0 Å². The maximum absolute atomic E-state index is 11.3. The summed E-state index contributed by atoms with van der Waals surface area (Å²) in [7, 11) is 0. The van der Waals surface area contributed by atoms with Gasteiger partial charge in [0.15, 0.2) is 0 Å². The summed E-state index contributed by atoms with van der Waals surface area (Å²) in [6.07, 6.45) is 7.22. The van der Waals surface area contributed by atoms with Crippen LogP contribution in [0.2, 0.25) is 0 Å². The molecule has 0 amide bonds. The third-order valence-corrected chi connectivity index (χ3v) is 7.66. The Hall–Kier alpha value is -0.940. The Morgan fingerprint density at radius 2 is 1.70 bits per heavy atom. The number of hydrogen-bond acceptors (Lipinski definition) is 4. The lowest BCUT2D eigenvalue weighted by molar-refractivity contribution is -0.0742. The molecular formula is C23H35NO3. The van der Waals surface area contributed by atoms with Crippen molar-refractivity contribution in [3.63, 3.8) is 0 Å². The van der Waals surface area contributed by atoms with E-state index in [1.54, 1.807) is 0 Å². The molecule has 3 aliphatic rings. The van der Waals surface area contributed by atoms with Crippen molar-refractivity contribution in [3.05, 3.63) is 35.9 Å². The molecule has 1 heterocycles. The fourth-order valence-corrected chi connectivity index (χ4v) is 6.11. The highest BCUT2D eigenvalue weighted by atomic mass is 16.3. The lowest BCUT2D eigenvalue weighted by atomic mass is 9.74. The van der Waals surface area contributed by atoms with Gasteiger partial charge in [0.05, 0.1) is 17.8 Å². The van der Waals surface area contributed by atoms with Gasteiger partial charge in [-0.2, -0.15) is 0 Å². The molecule has 150 valence electrons. The van der Waals surface area contributed by atoms with E-state index in [9.17, 15) is 15.3 Å². The van der Waals surface area contributed by atoms with Crippen molar-refractivity contribution < 1.29 is 15.3 Å². The van der Waals surface area contributed by atoms with Crippen molar-refractivity contribution in [1.29, 1.82) is 0 Å². The molecule has 2 aliphatic carbocycles. The van der Waals surface area contributed by atoms with E-state index < -0.39 is 17.8 Å². The summed E-state index contributed by atoms with van der Waals surface area (Å²) < 4.78 is 0. The van der Waals surface area contributed by atoms with Crippen LogP contribution in [0, 0.1) is 5.41 Å². The van der Waals surface area contributed by atoms with Crippen LogP contribution in [0.15, 0.2) is 30.3 Å². The number of nitrogens with zero attached hydrogens (tertiary/aromatic N) is 1. The van der Waals surface area contributed by atoms with E-state index in [1.165, 1.54) is 12.0 Å². The molecule has 4 rings (SSSR count). The highest BCUT2D eigenvalue weighted by molar-refractivity contribution is 5.24. The quantitative estimate of drug-likeness (QED) is 0.760. The molecular weight excluding hydrogens is 338 g/mol. The minimum absolute atomic E-state index is 0.187. The van der Waals surface area contributed by atoms with E-state index in [0.717, 1.165) is 44.9 Å². The maximum atomic E-state index is 11.3. The maximum Gasteiger partial charge on any atom is 0.0868 e. The molecule has 4 nitrogen and oxygen atoms in total. The normalized spacial score (nSPS) is 39.7.